The number of carbonyl (C=O) groups is 1. The largest absolute Gasteiger partial charge is 0.381 e. The molecule has 5 heteroatoms. The zero-order valence-electron chi connectivity index (χ0n) is 13.9. The molecule has 2 N–H and O–H groups in total. The summed E-state index contributed by atoms with van der Waals surface area (Å²) >= 11 is 0. The van der Waals surface area contributed by atoms with Gasteiger partial charge >= 0.3 is 0 Å². The van der Waals surface area contributed by atoms with Gasteiger partial charge in [-0.3, -0.25) is 9.69 Å². The summed E-state index contributed by atoms with van der Waals surface area (Å²) in [7, 11) is 0. The number of benzene rings is 1. The molecule has 1 amide bonds. The molecule has 2 aliphatic rings. The maximum Gasteiger partial charge on any atom is 0.247 e. The number of nitrogens with two attached hydrogens (primary N) is 1. The van der Waals surface area contributed by atoms with E-state index in [1.54, 1.807) is 0 Å². The fourth-order valence-corrected chi connectivity index (χ4v) is 3.46. The molecule has 126 valence electrons. The number of ether oxygens (including phenoxy) is 1. The fraction of sp³-hybridized carbons (Fsp3) is 0.611. The van der Waals surface area contributed by atoms with Crippen LogP contribution in [-0.2, 0) is 15.1 Å². The van der Waals surface area contributed by atoms with Gasteiger partial charge in [-0.05, 0) is 24.8 Å². The summed E-state index contributed by atoms with van der Waals surface area (Å²) in [5.41, 5.74) is 6.27. The van der Waals surface area contributed by atoms with Crippen LogP contribution in [0, 0.1) is 5.92 Å². The monoisotopic (exact) mass is 317 g/mol. The summed E-state index contributed by atoms with van der Waals surface area (Å²) in [5.74, 6) is 0.675. The summed E-state index contributed by atoms with van der Waals surface area (Å²) in [6.07, 6.45) is 1.16. The van der Waals surface area contributed by atoms with E-state index >= 15 is 0 Å². The van der Waals surface area contributed by atoms with Crippen LogP contribution in [0.1, 0.15) is 18.9 Å². The van der Waals surface area contributed by atoms with Crippen molar-refractivity contribution >= 4 is 5.91 Å². The molecular weight excluding hydrogens is 290 g/mol. The van der Waals surface area contributed by atoms with Crippen molar-refractivity contribution in [1.82, 2.24) is 9.80 Å². The Bertz CT molecular complexity index is 518. The first kappa shape index (κ1) is 16.4. The van der Waals surface area contributed by atoms with Crippen LogP contribution in [-0.4, -0.2) is 61.6 Å². The average molecular weight is 317 g/mol. The van der Waals surface area contributed by atoms with Gasteiger partial charge in [0.05, 0.1) is 6.61 Å². The smallest absolute Gasteiger partial charge is 0.247 e. The second kappa shape index (κ2) is 6.99. The van der Waals surface area contributed by atoms with E-state index < -0.39 is 5.54 Å². The molecule has 2 saturated heterocycles. The number of rotatable bonds is 4. The van der Waals surface area contributed by atoms with Crippen molar-refractivity contribution in [1.29, 1.82) is 0 Å². The van der Waals surface area contributed by atoms with E-state index in [-0.39, 0.29) is 5.91 Å². The maximum absolute atomic E-state index is 12.8. The summed E-state index contributed by atoms with van der Waals surface area (Å²) in [6, 6.07) is 9.64. The summed E-state index contributed by atoms with van der Waals surface area (Å²) in [4.78, 5) is 17.2. The SMILES string of the molecule is CC(N)(C(=O)N1CCN(CC2CCOC2)CC1)c1ccccc1. The highest BCUT2D eigenvalue weighted by molar-refractivity contribution is 5.87. The average Bonchev–Trinajstić information content (AvgIpc) is 3.09. The van der Waals surface area contributed by atoms with E-state index in [0.717, 1.165) is 57.9 Å². The van der Waals surface area contributed by atoms with Gasteiger partial charge in [0.25, 0.3) is 0 Å². The third kappa shape index (κ3) is 3.74. The molecule has 1 aromatic carbocycles. The second-order valence-electron chi connectivity index (χ2n) is 6.89. The van der Waals surface area contributed by atoms with Crippen molar-refractivity contribution in [2.45, 2.75) is 18.9 Å². The molecule has 2 aliphatic heterocycles. The quantitative estimate of drug-likeness (QED) is 0.901. The molecule has 0 bridgehead atoms. The number of piperazine rings is 1. The first-order valence-corrected chi connectivity index (χ1v) is 8.51. The van der Waals surface area contributed by atoms with Crippen LogP contribution >= 0.6 is 0 Å². The number of hydrogen-bond acceptors (Lipinski definition) is 4. The molecule has 1 aromatic rings. The van der Waals surface area contributed by atoms with Crippen molar-refractivity contribution in [3.8, 4) is 0 Å². The normalized spacial score (nSPS) is 25.3. The van der Waals surface area contributed by atoms with Crippen LogP contribution in [0.25, 0.3) is 0 Å². The minimum Gasteiger partial charge on any atom is -0.381 e. The third-order valence-corrected chi connectivity index (χ3v) is 5.02. The zero-order valence-corrected chi connectivity index (χ0v) is 13.9. The lowest BCUT2D eigenvalue weighted by Gasteiger charge is -2.39. The second-order valence-corrected chi connectivity index (χ2v) is 6.89. The number of amides is 1. The molecule has 2 unspecified atom stereocenters. The zero-order chi connectivity index (χ0) is 16.3. The number of hydrogen-bond donors (Lipinski definition) is 1. The van der Waals surface area contributed by atoms with E-state index in [9.17, 15) is 4.79 Å². The summed E-state index contributed by atoms with van der Waals surface area (Å²) in [6.45, 7) is 8.03. The van der Waals surface area contributed by atoms with E-state index in [1.165, 1.54) is 0 Å². The molecule has 0 spiro atoms. The highest BCUT2D eigenvalue weighted by Crippen LogP contribution is 2.22. The highest BCUT2D eigenvalue weighted by Gasteiger charge is 2.36. The summed E-state index contributed by atoms with van der Waals surface area (Å²) < 4.78 is 5.44. The molecular formula is C18H27N3O2. The Labute approximate surface area is 138 Å². The Hall–Kier alpha value is -1.43. The van der Waals surface area contributed by atoms with Crippen LogP contribution in [0.4, 0.5) is 0 Å². The van der Waals surface area contributed by atoms with Gasteiger partial charge in [-0.1, -0.05) is 30.3 Å². The van der Waals surface area contributed by atoms with Gasteiger partial charge in [0.1, 0.15) is 5.54 Å². The van der Waals surface area contributed by atoms with Crippen molar-refractivity contribution in [2.24, 2.45) is 11.7 Å². The van der Waals surface area contributed by atoms with E-state index in [4.69, 9.17) is 10.5 Å². The predicted octanol–water partition coefficient (Wildman–Crippen LogP) is 1.04. The van der Waals surface area contributed by atoms with Gasteiger partial charge in [0.2, 0.25) is 5.91 Å². The molecule has 2 fully saturated rings. The van der Waals surface area contributed by atoms with E-state index in [1.807, 2.05) is 42.2 Å². The van der Waals surface area contributed by atoms with Gasteiger partial charge < -0.3 is 15.4 Å². The Kier molecular flexibility index (Phi) is 4.99. The minimum atomic E-state index is -0.956. The Balaban J connectivity index is 1.55. The van der Waals surface area contributed by atoms with Crippen molar-refractivity contribution < 1.29 is 9.53 Å². The van der Waals surface area contributed by atoms with Gasteiger partial charge in [-0.25, -0.2) is 0 Å². The molecule has 3 rings (SSSR count). The van der Waals surface area contributed by atoms with E-state index in [0.29, 0.717) is 5.92 Å². The molecule has 5 nitrogen and oxygen atoms in total. The summed E-state index contributed by atoms with van der Waals surface area (Å²) in [5, 5.41) is 0. The topological polar surface area (TPSA) is 58.8 Å². The van der Waals surface area contributed by atoms with Crippen LogP contribution < -0.4 is 5.73 Å². The molecule has 2 atom stereocenters. The number of carbonyl (C=O) groups excluding carboxylic acids is 1. The molecule has 23 heavy (non-hydrogen) atoms. The van der Waals surface area contributed by atoms with Crippen LogP contribution in [0.2, 0.25) is 0 Å². The van der Waals surface area contributed by atoms with E-state index in [2.05, 4.69) is 4.90 Å². The van der Waals surface area contributed by atoms with Crippen LogP contribution in [0.3, 0.4) is 0 Å². The fourth-order valence-electron chi connectivity index (χ4n) is 3.46. The standard InChI is InChI=1S/C18H27N3O2/c1-18(19,16-5-3-2-4-6-16)17(22)21-10-8-20(9-11-21)13-15-7-12-23-14-15/h2-6,15H,7-14,19H2,1H3. The Morgan fingerprint density at radius 3 is 2.57 bits per heavy atom. The Morgan fingerprint density at radius 1 is 1.26 bits per heavy atom. The third-order valence-electron chi connectivity index (χ3n) is 5.02. The molecule has 2 heterocycles. The lowest BCUT2D eigenvalue weighted by Crippen LogP contribution is -2.57. The van der Waals surface area contributed by atoms with Crippen LogP contribution in [0.5, 0.6) is 0 Å². The Morgan fingerprint density at radius 2 is 1.96 bits per heavy atom. The lowest BCUT2D eigenvalue weighted by atomic mass is 9.91. The van der Waals surface area contributed by atoms with Crippen molar-refractivity contribution in [3.63, 3.8) is 0 Å². The van der Waals surface area contributed by atoms with Crippen molar-refractivity contribution in [2.75, 3.05) is 45.9 Å². The minimum absolute atomic E-state index is 0.0209. The van der Waals surface area contributed by atoms with Gasteiger partial charge in [0, 0.05) is 39.3 Å². The van der Waals surface area contributed by atoms with Gasteiger partial charge in [-0.2, -0.15) is 0 Å². The number of nitrogens with zero attached hydrogens (tertiary/aromatic N) is 2. The predicted molar refractivity (Wildman–Crippen MR) is 89.9 cm³/mol. The van der Waals surface area contributed by atoms with Gasteiger partial charge in [-0.15, -0.1) is 0 Å². The first-order chi connectivity index (χ1) is 11.1. The lowest BCUT2D eigenvalue weighted by molar-refractivity contribution is -0.138. The first-order valence-electron chi connectivity index (χ1n) is 8.51. The molecule has 0 aromatic heterocycles. The molecule has 0 radical (unpaired) electrons. The highest BCUT2D eigenvalue weighted by atomic mass is 16.5. The maximum atomic E-state index is 12.8. The van der Waals surface area contributed by atoms with Crippen molar-refractivity contribution in [3.05, 3.63) is 35.9 Å². The van der Waals surface area contributed by atoms with Crippen LogP contribution in [0.15, 0.2) is 30.3 Å². The molecule has 0 saturated carbocycles. The van der Waals surface area contributed by atoms with Gasteiger partial charge in [0.15, 0.2) is 0 Å². The molecule has 0 aliphatic carbocycles.